The summed E-state index contributed by atoms with van der Waals surface area (Å²) in [6, 6.07) is 7.58. The zero-order valence-electron chi connectivity index (χ0n) is 14.7. The molecule has 6 nitrogen and oxygen atoms in total. The van der Waals surface area contributed by atoms with Crippen LogP contribution in [0.5, 0.6) is 0 Å². The summed E-state index contributed by atoms with van der Waals surface area (Å²) in [6.45, 7) is 3.51. The number of pyridine rings is 2. The molecular weight excluding hydrogens is 316 g/mol. The highest BCUT2D eigenvalue weighted by Gasteiger charge is 2.36. The van der Waals surface area contributed by atoms with Crippen LogP contribution in [0.1, 0.15) is 28.8 Å². The van der Waals surface area contributed by atoms with Gasteiger partial charge in [0.25, 0.3) is 5.91 Å². The standard InChI is InChI=1S/C19H24N4O2/c1-15-10-16(12-20-11-15)18(24)22(2)13-19(25)7-5-9-23(14-19)17-6-3-4-8-21-17/h3-4,6,8,10-12,25H,5,7,9,13-14H2,1-2H3/t19-/m0/s1. The number of hydrogen-bond acceptors (Lipinski definition) is 5. The van der Waals surface area contributed by atoms with E-state index in [1.54, 1.807) is 30.5 Å². The van der Waals surface area contributed by atoms with Gasteiger partial charge in [-0.2, -0.15) is 0 Å². The van der Waals surface area contributed by atoms with Crippen molar-refractivity contribution in [1.29, 1.82) is 0 Å². The van der Waals surface area contributed by atoms with Gasteiger partial charge >= 0.3 is 0 Å². The topological polar surface area (TPSA) is 69.6 Å². The minimum absolute atomic E-state index is 0.125. The number of rotatable bonds is 4. The molecule has 1 amide bonds. The van der Waals surface area contributed by atoms with Crippen molar-refractivity contribution in [3.05, 3.63) is 54.0 Å². The van der Waals surface area contributed by atoms with Gasteiger partial charge in [-0.05, 0) is 43.5 Å². The van der Waals surface area contributed by atoms with Gasteiger partial charge in [0.05, 0.1) is 17.7 Å². The molecule has 0 radical (unpaired) electrons. The maximum atomic E-state index is 12.6. The molecule has 1 aliphatic rings. The Balaban J connectivity index is 1.69. The van der Waals surface area contributed by atoms with Gasteiger partial charge in [-0.15, -0.1) is 0 Å². The molecule has 3 heterocycles. The Hall–Kier alpha value is -2.47. The Labute approximate surface area is 148 Å². The number of amides is 1. The number of carbonyl (C=O) groups excluding carboxylic acids is 1. The zero-order chi connectivity index (χ0) is 17.9. The maximum Gasteiger partial charge on any atom is 0.255 e. The molecule has 2 aromatic heterocycles. The highest BCUT2D eigenvalue weighted by atomic mass is 16.3. The molecule has 0 saturated carbocycles. The SMILES string of the molecule is Cc1cncc(C(=O)N(C)C[C@@]2(O)CCCN(c3ccccn3)C2)c1. The lowest BCUT2D eigenvalue weighted by Gasteiger charge is -2.41. The van der Waals surface area contributed by atoms with Crippen molar-refractivity contribution >= 4 is 11.7 Å². The summed E-state index contributed by atoms with van der Waals surface area (Å²) in [4.78, 5) is 24.7. The largest absolute Gasteiger partial charge is 0.386 e. The molecule has 0 bridgehead atoms. The molecule has 1 saturated heterocycles. The number of carbonyl (C=O) groups is 1. The number of likely N-dealkylation sites (N-methyl/N-ethyl adjacent to an activating group) is 1. The molecule has 1 N–H and O–H groups in total. The van der Waals surface area contributed by atoms with Crippen molar-refractivity contribution < 1.29 is 9.90 Å². The molecule has 0 spiro atoms. The van der Waals surface area contributed by atoms with Gasteiger partial charge in [0.1, 0.15) is 5.82 Å². The number of nitrogens with zero attached hydrogens (tertiary/aromatic N) is 4. The molecule has 6 heteroatoms. The highest BCUT2D eigenvalue weighted by molar-refractivity contribution is 5.93. The van der Waals surface area contributed by atoms with Crippen LogP contribution in [-0.4, -0.2) is 58.2 Å². The van der Waals surface area contributed by atoms with Gasteiger partial charge in [-0.3, -0.25) is 9.78 Å². The number of aliphatic hydroxyl groups is 1. The van der Waals surface area contributed by atoms with Gasteiger partial charge in [-0.25, -0.2) is 4.98 Å². The van der Waals surface area contributed by atoms with Gasteiger partial charge in [-0.1, -0.05) is 6.07 Å². The summed E-state index contributed by atoms with van der Waals surface area (Å²) in [5.41, 5.74) is 0.540. The molecular formula is C19H24N4O2. The van der Waals surface area contributed by atoms with Crippen molar-refractivity contribution in [2.45, 2.75) is 25.4 Å². The molecule has 3 rings (SSSR count). The minimum Gasteiger partial charge on any atom is -0.386 e. The number of aryl methyl sites for hydroxylation is 1. The molecule has 0 unspecified atom stereocenters. The zero-order valence-corrected chi connectivity index (χ0v) is 14.7. The fourth-order valence-corrected chi connectivity index (χ4v) is 3.38. The first kappa shape index (κ1) is 17.4. The second kappa shape index (κ2) is 7.19. The van der Waals surface area contributed by atoms with Crippen LogP contribution in [0.25, 0.3) is 0 Å². The number of aromatic nitrogens is 2. The quantitative estimate of drug-likeness (QED) is 0.920. The molecule has 1 aliphatic heterocycles. The van der Waals surface area contributed by atoms with Crippen LogP contribution in [0.4, 0.5) is 5.82 Å². The van der Waals surface area contributed by atoms with Gasteiger partial charge in [0.2, 0.25) is 0 Å². The fraction of sp³-hybridized carbons (Fsp3) is 0.421. The second-order valence-electron chi connectivity index (χ2n) is 6.85. The summed E-state index contributed by atoms with van der Waals surface area (Å²) in [5, 5.41) is 11.0. The van der Waals surface area contributed by atoms with Crippen LogP contribution in [-0.2, 0) is 0 Å². The van der Waals surface area contributed by atoms with Gasteiger partial charge in [0.15, 0.2) is 0 Å². The Morgan fingerprint density at radius 2 is 2.24 bits per heavy atom. The van der Waals surface area contributed by atoms with Crippen LogP contribution in [0.2, 0.25) is 0 Å². The average molecular weight is 340 g/mol. The van der Waals surface area contributed by atoms with Crippen LogP contribution in [0.3, 0.4) is 0 Å². The summed E-state index contributed by atoms with van der Waals surface area (Å²) in [5.74, 6) is 0.733. The van der Waals surface area contributed by atoms with Crippen molar-refractivity contribution in [1.82, 2.24) is 14.9 Å². The predicted octanol–water partition coefficient (Wildman–Crippen LogP) is 1.89. The fourth-order valence-electron chi connectivity index (χ4n) is 3.38. The first-order valence-electron chi connectivity index (χ1n) is 8.52. The maximum absolute atomic E-state index is 12.6. The van der Waals surface area contributed by atoms with E-state index in [-0.39, 0.29) is 12.5 Å². The third-order valence-corrected chi connectivity index (χ3v) is 4.53. The van der Waals surface area contributed by atoms with E-state index in [9.17, 15) is 9.90 Å². The van der Waals surface area contributed by atoms with Crippen molar-refractivity contribution in [3.63, 3.8) is 0 Å². The summed E-state index contributed by atoms with van der Waals surface area (Å²) in [7, 11) is 1.72. The van der Waals surface area contributed by atoms with Crippen LogP contribution < -0.4 is 4.90 Å². The van der Waals surface area contributed by atoms with Gasteiger partial charge in [0, 0.05) is 38.7 Å². The normalized spacial score (nSPS) is 20.4. The van der Waals surface area contributed by atoms with Crippen LogP contribution in [0, 0.1) is 6.92 Å². The van der Waals surface area contributed by atoms with Crippen LogP contribution in [0.15, 0.2) is 42.9 Å². The molecule has 1 atom stereocenters. The third-order valence-electron chi connectivity index (χ3n) is 4.53. The Morgan fingerprint density at radius 1 is 1.40 bits per heavy atom. The highest BCUT2D eigenvalue weighted by Crippen LogP contribution is 2.25. The number of anilines is 1. The van der Waals surface area contributed by atoms with E-state index in [4.69, 9.17) is 0 Å². The lowest BCUT2D eigenvalue weighted by Crippen LogP contribution is -2.54. The van der Waals surface area contributed by atoms with Crippen molar-refractivity contribution in [2.75, 3.05) is 31.6 Å². The van der Waals surface area contributed by atoms with E-state index in [2.05, 4.69) is 14.9 Å². The molecule has 25 heavy (non-hydrogen) atoms. The Morgan fingerprint density at radius 3 is 2.96 bits per heavy atom. The summed E-state index contributed by atoms with van der Waals surface area (Å²) >= 11 is 0. The molecule has 0 aliphatic carbocycles. The minimum atomic E-state index is -0.947. The smallest absolute Gasteiger partial charge is 0.255 e. The van der Waals surface area contributed by atoms with E-state index in [0.717, 1.165) is 24.3 Å². The van der Waals surface area contributed by atoms with E-state index in [1.807, 2.05) is 31.2 Å². The molecule has 1 fully saturated rings. The second-order valence-corrected chi connectivity index (χ2v) is 6.85. The first-order valence-corrected chi connectivity index (χ1v) is 8.52. The van der Waals surface area contributed by atoms with E-state index in [0.29, 0.717) is 18.5 Å². The lowest BCUT2D eigenvalue weighted by atomic mass is 9.92. The third kappa shape index (κ3) is 4.14. The first-order chi connectivity index (χ1) is 12.0. The average Bonchev–Trinajstić information content (AvgIpc) is 2.61. The summed E-state index contributed by atoms with van der Waals surface area (Å²) in [6.07, 6.45) is 6.57. The van der Waals surface area contributed by atoms with Gasteiger partial charge < -0.3 is 14.9 Å². The number of β-amino-alcohol motifs (C(OH)–C–C–N with tert-alkyl or cyclic N) is 1. The predicted molar refractivity (Wildman–Crippen MR) is 96.6 cm³/mol. The molecule has 2 aromatic rings. The van der Waals surface area contributed by atoms with E-state index >= 15 is 0 Å². The van der Waals surface area contributed by atoms with Crippen molar-refractivity contribution in [3.8, 4) is 0 Å². The van der Waals surface area contributed by atoms with Crippen molar-refractivity contribution in [2.24, 2.45) is 0 Å². The summed E-state index contributed by atoms with van der Waals surface area (Å²) < 4.78 is 0. The lowest BCUT2D eigenvalue weighted by molar-refractivity contribution is -0.000144. The Kier molecular flexibility index (Phi) is 4.99. The van der Waals surface area contributed by atoms with E-state index < -0.39 is 5.60 Å². The monoisotopic (exact) mass is 340 g/mol. The number of piperidine rings is 1. The van der Waals surface area contributed by atoms with E-state index in [1.165, 1.54) is 0 Å². The van der Waals surface area contributed by atoms with Crippen LogP contribution >= 0.6 is 0 Å². The molecule has 0 aromatic carbocycles. The Bertz CT molecular complexity index is 737. The number of hydrogen-bond donors (Lipinski definition) is 1. The molecule has 132 valence electrons.